The Morgan fingerprint density at radius 3 is 2.32 bits per heavy atom. The van der Waals surface area contributed by atoms with Crippen LogP contribution in [0.15, 0.2) is 24.3 Å². The summed E-state index contributed by atoms with van der Waals surface area (Å²) in [4.78, 5) is 1.29. The van der Waals surface area contributed by atoms with Gasteiger partial charge >= 0.3 is 6.18 Å². The standard InChI is InChI=1S/C14H21F3N2/c1-4-12(18)13(19(3)9-14(15,16)17)11-8-6-5-7-10(11)2/h5-8,12-13H,4,9,18H2,1-3H3. The summed E-state index contributed by atoms with van der Waals surface area (Å²) < 4.78 is 37.7. The molecule has 0 aromatic heterocycles. The van der Waals surface area contributed by atoms with Gasteiger partial charge in [-0.3, -0.25) is 4.90 Å². The minimum Gasteiger partial charge on any atom is -0.326 e. The molecule has 0 bridgehead atoms. The Balaban J connectivity index is 3.05. The fraction of sp³-hybridized carbons (Fsp3) is 0.571. The summed E-state index contributed by atoms with van der Waals surface area (Å²) in [6, 6.07) is 6.70. The van der Waals surface area contributed by atoms with Gasteiger partial charge in [-0.2, -0.15) is 13.2 Å². The van der Waals surface area contributed by atoms with Gasteiger partial charge in [-0.05, 0) is 31.5 Å². The number of hydrogen-bond donors (Lipinski definition) is 1. The molecule has 0 saturated heterocycles. The van der Waals surface area contributed by atoms with Gasteiger partial charge in [0.1, 0.15) is 0 Å². The van der Waals surface area contributed by atoms with Crippen molar-refractivity contribution in [2.45, 2.75) is 38.5 Å². The average Bonchev–Trinajstić information content (AvgIpc) is 2.29. The highest BCUT2D eigenvalue weighted by molar-refractivity contribution is 5.30. The minimum absolute atomic E-state index is 0.326. The number of benzene rings is 1. The van der Waals surface area contributed by atoms with Gasteiger partial charge in [0, 0.05) is 6.04 Å². The number of alkyl halides is 3. The van der Waals surface area contributed by atoms with Gasteiger partial charge in [-0.1, -0.05) is 31.2 Å². The van der Waals surface area contributed by atoms with Crippen molar-refractivity contribution in [3.8, 4) is 0 Å². The molecule has 108 valence electrons. The largest absolute Gasteiger partial charge is 0.401 e. The highest BCUT2D eigenvalue weighted by Crippen LogP contribution is 2.29. The highest BCUT2D eigenvalue weighted by atomic mass is 19.4. The highest BCUT2D eigenvalue weighted by Gasteiger charge is 2.34. The molecule has 0 amide bonds. The van der Waals surface area contributed by atoms with E-state index >= 15 is 0 Å². The lowest BCUT2D eigenvalue weighted by atomic mass is 9.93. The van der Waals surface area contributed by atoms with Crippen LogP contribution < -0.4 is 5.73 Å². The molecule has 0 fully saturated rings. The molecule has 0 radical (unpaired) electrons. The van der Waals surface area contributed by atoms with Crippen LogP contribution in [0.4, 0.5) is 13.2 Å². The minimum atomic E-state index is -4.22. The molecule has 0 aliphatic carbocycles. The zero-order chi connectivity index (χ0) is 14.6. The van der Waals surface area contributed by atoms with Crippen LogP contribution in [0.5, 0.6) is 0 Å². The zero-order valence-electron chi connectivity index (χ0n) is 11.5. The fourth-order valence-electron chi connectivity index (χ4n) is 2.32. The Labute approximate surface area is 112 Å². The van der Waals surface area contributed by atoms with Crippen molar-refractivity contribution < 1.29 is 13.2 Å². The second-order valence-corrected chi connectivity index (χ2v) is 4.90. The second kappa shape index (κ2) is 6.39. The Morgan fingerprint density at radius 1 is 1.26 bits per heavy atom. The number of rotatable bonds is 5. The van der Waals surface area contributed by atoms with Crippen LogP contribution in [0.1, 0.15) is 30.5 Å². The van der Waals surface area contributed by atoms with Crippen LogP contribution in [0.3, 0.4) is 0 Å². The maximum Gasteiger partial charge on any atom is 0.401 e. The van der Waals surface area contributed by atoms with Gasteiger partial charge in [0.05, 0.1) is 12.6 Å². The van der Waals surface area contributed by atoms with Crippen LogP contribution in [-0.4, -0.2) is 30.7 Å². The number of nitrogens with two attached hydrogens (primary N) is 1. The predicted molar refractivity (Wildman–Crippen MR) is 70.9 cm³/mol. The van der Waals surface area contributed by atoms with Crippen molar-refractivity contribution in [1.82, 2.24) is 4.90 Å². The van der Waals surface area contributed by atoms with E-state index in [1.54, 1.807) is 0 Å². The third-order valence-electron chi connectivity index (χ3n) is 3.29. The molecular weight excluding hydrogens is 253 g/mol. The van der Waals surface area contributed by atoms with Gasteiger partial charge in [-0.25, -0.2) is 0 Å². The predicted octanol–water partition coefficient (Wildman–Crippen LogP) is 3.27. The first kappa shape index (κ1) is 16.0. The zero-order valence-corrected chi connectivity index (χ0v) is 11.5. The summed E-state index contributed by atoms with van der Waals surface area (Å²) in [6.45, 7) is 2.82. The summed E-state index contributed by atoms with van der Waals surface area (Å²) in [7, 11) is 1.47. The molecule has 2 unspecified atom stereocenters. The fourth-order valence-corrected chi connectivity index (χ4v) is 2.32. The number of aryl methyl sites for hydroxylation is 1. The van der Waals surface area contributed by atoms with Gasteiger partial charge in [0.15, 0.2) is 0 Å². The first-order valence-electron chi connectivity index (χ1n) is 6.34. The van der Waals surface area contributed by atoms with Crippen molar-refractivity contribution in [3.05, 3.63) is 35.4 Å². The molecule has 0 aliphatic heterocycles. The van der Waals surface area contributed by atoms with Gasteiger partial charge in [0.2, 0.25) is 0 Å². The molecule has 2 nitrogen and oxygen atoms in total. The van der Waals surface area contributed by atoms with E-state index in [0.717, 1.165) is 11.1 Å². The molecule has 0 aliphatic rings. The Morgan fingerprint density at radius 2 is 1.84 bits per heavy atom. The monoisotopic (exact) mass is 274 g/mol. The van der Waals surface area contributed by atoms with E-state index in [9.17, 15) is 13.2 Å². The summed E-state index contributed by atoms with van der Waals surface area (Å²) in [5.41, 5.74) is 7.86. The number of nitrogens with zero attached hydrogens (tertiary/aromatic N) is 1. The molecule has 5 heteroatoms. The third-order valence-corrected chi connectivity index (χ3v) is 3.29. The molecular formula is C14H21F3N2. The quantitative estimate of drug-likeness (QED) is 0.893. The normalized spacial score (nSPS) is 15.6. The lowest BCUT2D eigenvalue weighted by Crippen LogP contribution is -2.43. The molecule has 1 aromatic rings. The first-order valence-corrected chi connectivity index (χ1v) is 6.34. The molecule has 0 spiro atoms. The van der Waals surface area contributed by atoms with Gasteiger partial charge in [0.25, 0.3) is 0 Å². The Hall–Kier alpha value is -1.07. The van der Waals surface area contributed by atoms with Crippen LogP contribution in [0, 0.1) is 6.92 Å². The maximum atomic E-state index is 12.6. The van der Waals surface area contributed by atoms with Crippen molar-refractivity contribution in [3.63, 3.8) is 0 Å². The van der Waals surface area contributed by atoms with Crippen LogP contribution >= 0.6 is 0 Å². The van der Waals surface area contributed by atoms with E-state index in [-0.39, 0.29) is 6.04 Å². The van der Waals surface area contributed by atoms with Crippen LogP contribution in [0.2, 0.25) is 0 Å². The number of halogens is 3. The lowest BCUT2D eigenvalue weighted by molar-refractivity contribution is -0.148. The summed E-state index contributed by atoms with van der Waals surface area (Å²) in [6.07, 6.45) is -3.59. The summed E-state index contributed by atoms with van der Waals surface area (Å²) in [5, 5.41) is 0. The van der Waals surface area contributed by atoms with E-state index in [0.29, 0.717) is 6.42 Å². The van der Waals surface area contributed by atoms with Gasteiger partial charge < -0.3 is 5.73 Å². The smallest absolute Gasteiger partial charge is 0.326 e. The molecule has 19 heavy (non-hydrogen) atoms. The first-order chi connectivity index (χ1) is 8.76. The second-order valence-electron chi connectivity index (χ2n) is 4.90. The molecule has 0 heterocycles. The average molecular weight is 274 g/mol. The van der Waals surface area contributed by atoms with Crippen molar-refractivity contribution >= 4 is 0 Å². The molecule has 1 rings (SSSR count). The Bertz CT molecular complexity index is 404. The molecule has 0 saturated carbocycles. The molecule has 2 N–H and O–H groups in total. The van der Waals surface area contributed by atoms with Crippen molar-refractivity contribution in [2.24, 2.45) is 5.73 Å². The number of hydrogen-bond acceptors (Lipinski definition) is 2. The van der Waals surface area contributed by atoms with E-state index < -0.39 is 18.8 Å². The third kappa shape index (κ3) is 4.51. The summed E-state index contributed by atoms with van der Waals surface area (Å²) >= 11 is 0. The van der Waals surface area contributed by atoms with E-state index in [1.807, 2.05) is 38.1 Å². The van der Waals surface area contributed by atoms with E-state index in [4.69, 9.17) is 5.73 Å². The molecule has 1 aromatic carbocycles. The van der Waals surface area contributed by atoms with E-state index in [2.05, 4.69) is 0 Å². The SMILES string of the molecule is CCC(N)C(c1ccccc1C)N(C)CC(F)(F)F. The molecule has 2 atom stereocenters. The lowest BCUT2D eigenvalue weighted by Gasteiger charge is -2.34. The topological polar surface area (TPSA) is 29.3 Å². The Kier molecular flexibility index (Phi) is 5.38. The van der Waals surface area contributed by atoms with Crippen LogP contribution in [0.25, 0.3) is 0 Å². The number of likely N-dealkylation sites (N-methyl/N-ethyl adjacent to an activating group) is 1. The summed E-state index contributed by atoms with van der Waals surface area (Å²) in [5.74, 6) is 0. The van der Waals surface area contributed by atoms with Gasteiger partial charge in [-0.15, -0.1) is 0 Å². The van der Waals surface area contributed by atoms with E-state index in [1.165, 1.54) is 11.9 Å². The maximum absolute atomic E-state index is 12.6. The van der Waals surface area contributed by atoms with Crippen molar-refractivity contribution in [1.29, 1.82) is 0 Å². The van der Waals surface area contributed by atoms with Crippen LogP contribution in [-0.2, 0) is 0 Å². The van der Waals surface area contributed by atoms with Crippen molar-refractivity contribution in [2.75, 3.05) is 13.6 Å².